The summed E-state index contributed by atoms with van der Waals surface area (Å²) in [6.07, 6.45) is 2.40. The molecule has 0 atom stereocenters. The second kappa shape index (κ2) is 14.8. The van der Waals surface area contributed by atoms with Crippen molar-refractivity contribution in [1.29, 1.82) is 0 Å². The molecule has 0 aliphatic carbocycles. The zero-order chi connectivity index (χ0) is 34.4. The Morgan fingerprint density at radius 2 is 1.55 bits per heavy atom. The van der Waals surface area contributed by atoms with Crippen LogP contribution < -0.4 is 15.2 Å². The SMILES string of the molecule is COCCn1c(=O)n(-c2ccc(OCc3ccccc3)nc2OCc2ccccc2)c2ccc(C3=CCN(C(=O)OC(C)(C)C)CC3)cc21. The summed E-state index contributed by atoms with van der Waals surface area (Å²) >= 11 is 0. The van der Waals surface area contributed by atoms with Crippen molar-refractivity contribution in [2.24, 2.45) is 0 Å². The number of benzene rings is 3. The molecule has 5 aromatic rings. The van der Waals surface area contributed by atoms with Gasteiger partial charge in [0.25, 0.3) is 0 Å². The fourth-order valence-electron chi connectivity index (χ4n) is 5.74. The van der Waals surface area contributed by atoms with Gasteiger partial charge in [-0.3, -0.25) is 9.13 Å². The number of imidazole rings is 1. The molecule has 1 aliphatic rings. The van der Waals surface area contributed by atoms with Gasteiger partial charge in [-0.1, -0.05) is 72.8 Å². The fourth-order valence-corrected chi connectivity index (χ4v) is 5.74. The molecule has 1 amide bonds. The molecule has 6 rings (SSSR count). The summed E-state index contributed by atoms with van der Waals surface area (Å²) in [4.78, 5) is 33.3. The van der Waals surface area contributed by atoms with Crippen LogP contribution in [0.3, 0.4) is 0 Å². The lowest BCUT2D eigenvalue weighted by molar-refractivity contribution is 0.0270. The summed E-state index contributed by atoms with van der Waals surface area (Å²) in [5.74, 6) is 0.669. The number of pyridine rings is 1. The van der Waals surface area contributed by atoms with Crippen molar-refractivity contribution < 1.29 is 23.7 Å². The van der Waals surface area contributed by atoms with Crippen molar-refractivity contribution in [3.05, 3.63) is 124 Å². The van der Waals surface area contributed by atoms with Crippen molar-refractivity contribution in [2.45, 2.75) is 52.6 Å². The number of carbonyl (C=O) groups excluding carboxylic acids is 1. The van der Waals surface area contributed by atoms with Crippen LogP contribution in [0.2, 0.25) is 0 Å². The third kappa shape index (κ3) is 8.04. The maximum absolute atomic E-state index is 14.2. The highest BCUT2D eigenvalue weighted by Crippen LogP contribution is 2.31. The van der Waals surface area contributed by atoms with Gasteiger partial charge in [-0.25, -0.2) is 9.59 Å². The minimum Gasteiger partial charge on any atom is -0.473 e. The predicted octanol–water partition coefficient (Wildman–Crippen LogP) is 7.02. The standard InChI is InChI=1S/C39H42N4O6/c1-39(2,3)49-38(45)41-21-19-30(20-22-41)31-15-16-32-34(25-31)42(23-24-46-4)37(44)43(32)33-17-18-35(47-26-28-11-7-5-8-12-28)40-36(33)48-27-29-13-9-6-10-14-29/h5-19,25H,20-24,26-27H2,1-4H3. The lowest BCUT2D eigenvalue weighted by Gasteiger charge is -2.29. The van der Waals surface area contributed by atoms with E-state index in [9.17, 15) is 9.59 Å². The van der Waals surface area contributed by atoms with E-state index in [4.69, 9.17) is 23.9 Å². The van der Waals surface area contributed by atoms with Crippen LogP contribution in [0.15, 0.2) is 102 Å². The van der Waals surface area contributed by atoms with E-state index in [2.05, 4.69) is 6.08 Å². The van der Waals surface area contributed by atoms with Gasteiger partial charge in [0.15, 0.2) is 0 Å². The van der Waals surface area contributed by atoms with E-state index in [1.165, 1.54) is 0 Å². The average molecular weight is 663 g/mol. The van der Waals surface area contributed by atoms with Gasteiger partial charge in [0, 0.05) is 26.3 Å². The van der Waals surface area contributed by atoms with Gasteiger partial charge in [-0.2, -0.15) is 4.98 Å². The molecule has 0 N–H and O–H groups in total. The highest BCUT2D eigenvalue weighted by atomic mass is 16.6. The number of carbonyl (C=O) groups is 1. The Hall–Kier alpha value is -5.35. The van der Waals surface area contributed by atoms with Crippen LogP contribution in [-0.2, 0) is 29.2 Å². The number of methoxy groups -OCH3 is 1. The van der Waals surface area contributed by atoms with Crippen LogP contribution in [0.25, 0.3) is 22.3 Å². The molecule has 0 saturated carbocycles. The van der Waals surface area contributed by atoms with Crippen LogP contribution >= 0.6 is 0 Å². The molecule has 254 valence electrons. The van der Waals surface area contributed by atoms with Crippen molar-refractivity contribution in [2.75, 3.05) is 26.8 Å². The molecule has 2 aromatic heterocycles. The van der Waals surface area contributed by atoms with Crippen LogP contribution in [0.5, 0.6) is 11.8 Å². The molecule has 1 aliphatic heterocycles. The van der Waals surface area contributed by atoms with Gasteiger partial charge in [0.05, 0.1) is 24.2 Å². The molecule has 49 heavy (non-hydrogen) atoms. The number of hydrogen-bond acceptors (Lipinski definition) is 7. The Labute approximate surface area is 286 Å². The number of aromatic nitrogens is 3. The Kier molecular flexibility index (Phi) is 10.1. The molecule has 0 spiro atoms. The van der Waals surface area contributed by atoms with Crippen LogP contribution in [0.4, 0.5) is 4.79 Å². The highest BCUT2D eigenvalue weighted by molar-refractivity contribution is 5.84. The largest absolute Gasteiger partial charge is 0.473 e. The lowest BCUT2D eigenvalue weighted by atomic mass is 9.99. The summed E-state index contributed by atoms with van der Waals surface area (Å²) in [6.45, 7) is 7.91. The van der Waals surface area contributed by atoms with Crippen molar-refractivity contribution in [3.8, 4) is 17.4 Å². The number of nitrogens with zero attached hydrogens (tertiary/aromatic N) is 4. The van der Waals surface area contributed by atoms with E-state index in [1.54, 1.807) is 27.2 Å². The number of ether oxygens (including phenoxy) is 4. The molecule has 0 radical (unpaired) electrons. The third-order valence-corrected chi connectivity index (χ3v) is 8.18. The molecular weight excluding hydrogens is 620 g/mol. The van der Waals surface area contributed by atoms with E-state index in [-0.39, 0.29) is 24.3 Å². The number of fused-ring (bicyclic) bond motifs is 1. The molecule has 10 heteroatoms. The molecule has 0 saturated heterocycles. The zero-order valence-electron chi connectivity index (χ0n) is 28.4. The summed E-state index contributed by atoms with van der Waals surface area (Å²) in [5.41, 5.74) is 5.26. The Morgan fingerprint density at radius 1 is 0.857 bits per heavy atom. The first kappa shape index (κ1) is 33.5. The van der Waals surface area contributed by atoms with Crippen LogP contribution in [0.1, 0.15) is 43.9 Å². The summed E-state index contributed by atoms with van der Waals surface area (Å²) in [7, 11) is 1.62. The monoisotopic (exact) mass is 662 g/mol. The second-order valence-corrected chi connectivity index (χ2v) is 12.9. The summed E-state index contributed by atoms with van der Waals surface area (Å²) in [5, 5.41) is 0. The minimum atomic E-state index is -0.553. The fraction of sp³-hybridized carbons (Fsp3) is 0.308. The average Bonchev–Trinajstić information content (AvgIpc) is 3.38. The van der Waals surface area contributed by atoms with Crippen molar-refractivity contribution in [3.63, 3.8) is 0 Å². The molecule has 10 nitrogen and oxygen atoms in total. The quantitative estimate of drug-likeness (QED) is 0.150. The molecule has 0 bridgehead atoms. The van der Waals surface area contributed by atoms with E-state index in [1.807, 2.05) is 106 Å². The van der Waals surface area contributed by atoms with E-state index >= 15 is 0 Å². The molecular formula is C39H42N4O6. The highest BCUT2D eigenvalue weighted by Gasteiger charge is 2.25. The Balaban J connectivity index is 1.36. The van der Waals surface area contributed by atoms with Gasteiger partial charge in [0.1, 0.15) is 24.5 Å². The van der Waals surface area contributed by atoms with Gasteiger partial charge in [-0.05, 0) is 67.7 Å². The van der Waals surface area contributed by atoms with Crippen molar-refractivity contribution in [1.82, 2.24) is 19.0 Å². The first-order valence-electron chi connectivity index (χ1n) is 16.5. The lowest BCUT2D eigenvalue weighted by Crippen LogP contribution is -2.39. The molecule has 3 aromatic carbocycles. The topological polar surface area (TPSA) is 97.0 Å². The first-order valence-corrected chi connectivity index (χ1v) is 16.5. The van der Waals surface area contributed by atoms with Gasteiger partial charge in [0.2, 0.25) is 11.8 Å². The van der Waals surface area contributed by atoms with E-state index in [0.29, 0.717) is 56.4 Å². The second-order valence-electron chi connectivity index (χ2n) is 12.9. The summed E-state index contributed by atoms with van der Waals surface area (Å²) < 4.78 is 26.7. The normalized spacial score (nSPS) is 13.3. The first-order chi connectivity index (χ1) is 23.7. The molecule has 0 unspecified atom stereocenters. The van der Waals surface area contributed by atoms with Gasteiger partial charge >= 0.3 is 11.8 Å². The third-order valence-electron chi connectivity index (χ3n) is 8.18. The van der Waals surface area contributed by atoms with E-state index in [0.717, 1.165) is 27.8 Å². The maximum Gasteiger partial charge on any atom is 0.410 e. The predicted molar refractivity (Wildman–Crippen MR) is 189 cm³/mol. The van der Waals surface area contributed by atoms with Crippen LogP contribution in [-0.4, -0.2) is 57.5 Å². The van der Waals surface area contributed by atoms with Gasteiger partial charge < -0.3 is 23.8 Å². The Bertz CT molecular complexity index is 1990. The minimum absolute atomic E-state index is 0.234. The maximum atomic E-state index is 14.2. The molecule has 0 fully saturated rings. The number of hydrogen-bond donors (Lipinski definition) is 0. The molecule has 3 heterocycles. The Morgan fingerprint density at radius 3 is 2.18 bits per heavy atom. The van der Waals surface area contributed by atoms with Crippen molar-refractivity contribution >= 4 is 22.7 Å². The van der Waals surface area contributed by atoms with Crippen LogP contribution in [0, 0.1) is 0 Å². The van der Waals surface area contributed by atoms with Gasteiger partial charge in [-0.15, -0.1) is 0 Å². The zero-order valence-corrected chi connectivity index (χ0v) is 28.4. The number of rotatable bonds is 11. The number of amides is 1. The summed E-state index contributed by atoms with van der Waals surface area (Å²) in [6, 6.07) is 29.3. The van der Waals surface area contributed by atoms with E-state index < -0.39 is 5.60 Å². The smallest absolute Gasteiger partial charge is 0.410 e.